The summed E-state index contributed by atoms with van der Waals surface area (Å²) in [5, 5.41) is 0. The zero-order chi connectivity index (χ0) is 11.2. The highest BCUT2D eigenvalue weighted by Crippen LogP contribution is 2.21. The predicted molar refractivity (Wildman–Crippen MR) is 68.1 cm³/mol. The van der Waals surface area contributed by atoms with Crippen LogP contribution in [0.15, 0.2) is 0 Å². The number of halogens is 1. The Morgan fingerprint density at radius 2 is 2.06 bits per heavy atom. The van der Waals surface area contributed by atoms with Gasteiger partial charge >= 0.3 is 0 Å². The van der Waals surface area contributed by atoms with E-state index in [1.54, 1.807) is 0 Å². The second-order valence-corrected chi connectivity index (χ2v) is 5.43. The fourth-order valence-electron chi connectivity index (χ4n) is 2.89. The second kappa shape index (κ2) is 6.83. The molecule has 0 saturated carbocycles. The van der Waals surface area contributed by atoms with E-state index in [2.05, 4.69) is 4.90 Å². The number of nitrogens with zero attached hydrogens (tertiary/aromatic N) is 1. The summed E-state index contributed by atoms with van der Waals surface area (Å²) in [6, 6.07) is 0.616. The molecule has 3 heteroatoms. The van der Waals surface area contributed by atoms with Gasteiger partial charge in [0.2, 0.25) is 0 Å². The third-order valence-corrected chi connectivity index (χ3v) is 4.30. The zero-order valence-corrected chi connectivity index (χ0v) is 10.9. The van der Waals surface area contributed by atoms with Crippen molar-refractivity contribution in [3.8, 4) is 0 Å². The van der Waals surface area contributed by atoms with Crippen LogP contribution >= 0.6 is 11.6 Å². The summed E-state index contributed by atoms with van der Waals surface area (Å²) in [5.41, 5.74) is 0. The molecular weight excluding hydrogens is 222 g/mol. The molecule has 0 aromatic carbocycles. The Kier molecular flexibility index (Phi) is 5.40. The number of hydrogen-bond acceptors (Lipinski definition) is 2. The maximum atomic E-state index is 6.07. The minimum atomic E-state index is 0.527. The monoisotopic (exact) mass is 245 g/mol. The molecule has 0 aliphatic carbocycles. The molecule has 2 nitrogen and oxygen atoms in total. The quantitative estimate of drug-likeness (QED) is 0.706. The maximum absolute atomic E-state index is 6.07. The van der Waals surface area contributed by atoms with Crippen molar-refractivity contribution < 1.29 is 4.74 Å². The second-order valence-electron chi connectivity index (χ2n) is 5.12. The molecule has 0 aromatic rings. The molecule has 2 unspecified atom stereocenters. The van der Waals surface area contributed by atoms with Gasteiger partial charge in [0.25, 0.3) is 0 Å². The lowest BCUT2D eigenvalue weighted by atomic mass is 10.1. The molecule has 2 fully saturated rings. The summed E-state index contributed by atoms with van der Waals surface area (Å²) < 4.78 is 5.68. The molecule has 0 aromatic heterocycles. The van der Waals surface area contributed by atoms with Crippen molar-refractivity contribution >= 4 is 11.6 Å². The first-order chi connectivity index (χ1) is 7.90. The number of alkyl halides is 1. The topological polar surface area (TPSA) is 12.5 Å². The lowest BCUT2D eigenvalue weighted by Crippen LogP contribution is -2.38. The van der Waals surface area contributed by atoms with E-state index < -0.39 is 0 Å². The summed E-state index contributed by atoms with van der Waals surface area (Å²) in [4.78, 5) is 2.60. The molecule has 0 bridgehead atoms. The van der Waals surface area contributed by atoms with Crippen LogP contribution < -0.4 is 0 Å². The van der Waals surface area contributed by atoms with E-state index >= 15 is 0 Å². The van der Waals surface area contributed by atoms with Crippen LogP contribution in [-0.4, -0.2) is 42.6 Å². The van der Waals surface area contributed by atoms with E-state index in [0.717, 1.165) is 12.5 Å². The van der Waals surface area contributed by atoms with Gasteiger partial charge in [-0.2, -0.15) is 0 Å². The summed E-state index contributed by atoms with van der Waals surface area (Å²) in [6.45, 7) is 3.40. The highest BCUT2D eigenvalue weighted by molar-refractivity contribution is 6.18. The van der Waals surface area contributed by atoms with Gasteiger partial charge in [-0.1, -0.05) is 12.8 Å². The molecule has 16 heavy (non-hydrogen) atoms. The van der Waals surface area contributed by atoms with Gasteiger partial charge in [-0.3, -0.25) is 4.90 Å². The third kappa shape index (κ3) is 3.61. The minimum absolute atomic E-state index is 0.527. The van der Waals surface area contributed by atoms with Crippen LogP contribution in [-0.2, 0) is 4.74 Å². The predicted octanol–water partition coefficient (Wildman–Crippen LogP) is 3.04. The van der Waals surface area contributed by atoms with Crippen molar-refractivity contribution in [2.24, 2.45) is 0 Å². The van der Waals surface area contributed by atoms with E-state index in [-0.39, 0.29) is 0 Å². The fraction of sp³-hybridized carbons (Fsp3) is 1.00. The summed E-state index contributed by atoms with van der Waals surface area (Å²) >= 11 is 6.07. The SMILES string of the molecule is ClCC1CCCCCN1CCC1CCCO1. The Labute approximate surface area is 104 Å². The number of likely N-dealkylation sites (tertiary alicyclic amines) is 1. The van der Waals surface area contributed by atoms with E-state index in [1.165, 1.54) is 58.0 Å². The number of ether oxygens (including phenoxy) is 1. The summed E-state index contributed by atoms with van der Waals surface area (Å²) in [7, 11) is 0. The van der Waals surface area contributed by atoms with Gasteiger partial charge in [0.15, 0.2) is 0 Å². The lowest BCUT2D eigenvalue weighted by molar-refractivity contribution is 0.0865. The Hall–Kier alpha value is 0.210. The molecule has 0 spiro atoms. The van der Waals surface area contributed by atoms with E-state index in [4.69, 9.17) is 16.3 Å². The van der Waals surface area contributed by atoms with Gasteiger partial charge in [-0.25, -0.2) is 0 Å². The van der Waals surface area contributed by atoms with Gasteiger partial charge in [-0.05, 0) is 38.6 Å². The van der Waals surface area contributed by atoms with Gasteiger partial charge in [0.05, 0.1) is 6.10 Å². The molecule has 2 rings (SSSR count). The first-order valence-corrected chi connectivity index (χ1v) is 7.35. The zero-order valence-electron chi connectivity index (χ0n) is 10.2. The Bertz CT molecular complexity index is 194. The van der Waals surface area contributed by atoms with Crippen molar-refractivity contribution in [3.05, 3.63) is 0 Å². The van der Waals surface area contributed by atoms with E-state index in [9.17, 15) is 0 Å². The van der Waals surface area contributed by atoms with Gasteiger partial charge < -0.3 is 4.74 Å². The van der Waals surface area contributed by atoms with Crippen LogP contribution in [0.5, 0.6) is 0 Å². The van der Waals surface area contributed by atoms with Crippen LogP contribution in [0.4, 0.5) is 0 Å². The highest BCUT2D eigenvalue weighted by Gasteiger charge is 2.22. The van der Waals surface area contributed by atoms with Crippen LogP contribution in [0.3, 0.4) is 0 Å². The maximum Gasteiger partial charge on any atom is 0.0588 e. The summed E-state index contributed by atoms with van der Waals surface area (Å²) in [5.74, 6) is 0.797. The van der Waals surface area contributed by atoms with Gasteiger partial charge in [0.1, 0.15) is 0 Å². The molecule has 0 radical (unpaired) electrons. The van der Waals surface area contributed by atoms with E-state index in [0.29, 0.717) is 12.1 Å². The first kappa shape index (κ1) is 12.7. The smallest absolute Gasteiger partial charge is 0.0588 e. The normalized spacial score (nSPS) is 32.8. The number of rotatable bonds is 4. The first-order valence-electron chi connectivity index (χ1n) is 6.82. The Morgan fingerprint density at radius 3 is 2.81 bits per heavy atom. The van der Waals surface area contributed by atoms with Crippen molar-refractivity contribution in [1.82, 2.24) is 4.90 Å². The van der Waals surface area contributed by atoms with Crippen molar-refractivity contribution in [2.75, 3.05) is 25.6 Å². The number of hydrogen-bond donors (Lipinski definition) is 0. The molecule has 94 valence electrons. The molecule has 2 saturated heterocycles. The van der Waals surface area contributed by atoms with E-state index in [1.807, 2.05) is 0 Å². The van der Waals surface area contributed by atoms with Crippen LogP contribution in [0.25, 0.3) is 0 Å². The van der Waals surface area contributed by atoms with Gasteiger partial charge in [-0.15, -0.1) is 11.6 Å². The van der Waals surface area contributed by atoms with Crippen LogP contribution in [0.1, 0.15) is 44.9 Å². The molecule has 2 atom stereocenters. The largest absolute Gasteiger partial charge is 0.378 e. The lowest BCUT2D eigenvalue weighted by Gasteiger charge is -2.29. The standard InChI is InChI=1S/C13H24ClNO/c14-11-12-5-2-1-3-8-15(12)9-7-13-6-4-10-16-13/h12-13H,1-11H2. The fourth-order valence-corrected chi connectivity index (χ4v) is 3.24. The van der Waals surface area contributed by atoms with Crippen molar-refractivity contribution in [2.45, 2.75) is 57.1 Å². The van der Waals surface area contributed by atoms with Gasteiger partial charge in [0, 0.05) is 25.1 Å². The molecule has 2 heterocycles. The highest BCUT2D eigenvalue weighted by atomic mass is 35.5. The molecule has 0 N–H and O–H groups in total. The average molecular weight is 246 g/mol. The third-order valence-electron chi connectivity index (χ3n) is 3.94. The van der Waals surface area contributed by atoms with Crippen molar-refractivity contribution in [3.63, 3.8) is 0 Å². The minimum Gasteiger partial charge on any atom is -0.378 e. The Morgan fingerprint density at radius 1 is 1.12 bits per heavy atom. The van der Waals surface area contributed by atoms with Crippen LogP contribution in [0, 0.1) is 0 Å². The van der Waals surface area contributed by atoms with Crippen molar-refractivity contribution in [1.29, 1.82) is 0 Å². The molecule has 0 amide bonds. The Balaban J connectivity index is 1.75. The average Bonchev–Trinajstić information content (AvgIpc) is 2.71. The molecule has 2 aliphatic heterocycles. The van der Waals surface area contributed by atoms with Crippen LogP contribution in [0.2, 0.25) is 0 Å². The molecule has 2 aliphatic rings. The molecular formula is C13H24ClNO. The summed E-state index contributed by atoms with van der Waals surface area (Å²) in [6.07, 6.45) is 9.61.